The molecule has 0 radical (unpaired) electrons. The summed E-state index contributed by atoms with van der Waals surface area (Å²) in [5, 5.41) is 11.7. The summed E-state index contributed by atoms with van der Waals surface area (Å²) in [5.74, 6) is -0.204. The van der Waals surface area contributed by atoms with Crippen molar-refractivity contribution in [2.75, 3.05) is 11.1 Å². The van der Waals surface area contributed by atoms with Crippen molar-refractivity contribution < 1.29 is 4.79 Å². The lowest BCUT2D eigenvalue weighted by Crippen LogP contribution is -2.13. The SMILES string of the molecule is N#Cc1ccc(Cl)cc1NC(=O)CS. The van der Waals surface area contributed by atoms with Gasteiger partial charge in [-0.1, -0.05) is 11.6 Å². The summed E-state index contributed by atoms with van der Waals surface area (Å²) in [7, 11) is 0. The summed E-state index contributed by atoms with van der Waals surface area (Å²) in [6, 6.07) is 6.63. The number of amides is 1. The van der Waals surface area contributed by atoms with Crippen LogP contribution in [-0.2, 0) is 4.79 Å². The number of benzene rings is 1. The van der Waals surface area contributed by atoms with E-state index in [1.54, 1.807) is 12.1 Å². The fourth-order valence-corrected chi connectivity index (χ4v) is 1.16. The highest BCUT2D eigenvalue weighted by Gasteiger charge is 2.05. The van der Waals surface area contributed by atoms with Crippen molar-refractivity contribution in [3.05, 3.63) is 28.8 Å². The number of hydrogen-bond donors (Lipinski definition) is 2. The minimum Gasteiger partial charge on any atom is -0.324 e. The van der Waals surface area contributed by atoms with Crippen LogP contribution in [0.25, 0.3) is 0 Å². The van der Waals surface area contributed by atoms with Crippen molar-refractivity contribution in [1.29, 1.82) is 5.26 Å². The van der Waals surface area contributed by atoms with Crippen molar-refractivity contribution in [2.45, 2.75) is 0 Å². The van der Waals surface area contributed by atoms with Crippen LogP contribution in [0.15, 0.2) is 18.2 Å². The highest BCUT2D eigenvalue weighted by atomic mass is 35.5. The molecule has 3 nitrogen and oxygen atoms in total. The molecule has 0 aliphatic heterocycles. The van der Waals surface area contributed by atoms with E-state index in [-0.39, 0.29) is 11.7 Å². The van der Waals surface area contributed by atoms with Crippen LogP contribution in [0, 0.1) is 11.3 Å². The zero-order valence-electron chi connectivity index (χ0n) is 7.12. The monoisotopic (exact) mass is 226 g/mol. The van der Waals surface area contributed by atoms with Gasteiger partial charge in [-0.05, 0) is 18.2 Å². The molecule has 0 saturated heterocycles. The first kappa shape index (κ1) is 10.9. The number of nitrogens with one attached hydrogen (secondary N) is 1. The quantitative estimate of drug-likeness (QED) is 0.759. The third-order valence-corrected chi connectivity index (χ3v) is 2.04. The Hall–Kier alpha value is -1.18. The Labute approximate surface area is 92.1 Å². The van der Waals surface area contributed by atoms with E-state index in [1.165, 1.54) is 6.07 Å². The molecule has 1 aromatic carbocycles. The van der Waals surface area contributed by atoms with Gasteiger partial charge in [0, 0.05) is 5.02 Å². The number of carbonyl (C=O) groups excluding carboxylic acids is 1. The summed E-state index contributed by atoms with van der Waals surface area (Å²) >= 11 is 9.53. The van der Waals surface area contributed by atoms with Crippen molar-refractivity contribution in [2.24, 2.45) is 0 Å². The number of anilines is 1. The number of rotatable bonds is 2. The molecule has 0 atom stereocenters. The molecule has 72 valence electrons. The molecule has 0 unspecified atom stereocenters. The van der Waals surface area contributed by atoms with Gasteiger partial charge in [-0.2, -0.15) is 17.9 Å². The standard InChI is InChI=1S/C9H7ClN2OS/c10-7-2-1-6(4-11)8(3-7)12-9(13)5-14/h1-3,14H,5H2,(H,12,13). The van der Waals surface area contributed by atoms with E-state index in [1.807, 2.05) is 6.07 Å². The molecule has 0 aromatic heterocycles. The molecule has 0 fully saturated rings. The van der Waals surface area contributed by atoms with Crippen LogP contribution < -0.4 is 5.32 Å². The van der Waals surface area contributed by atoms with Crippen LogP contribution in [0.4, 0.5) is 5.69 Å². The zero-order valence-corrected chi connectivity index (χ0v) is 8.77. The Morgan fingerprint density at radius 2 is 2.36 bits per heavy atom. The number of hydrogen-bond acceptors (Lipinski definition) is 3. The van der Waals surface area contributed by atoms with Gasteiger partial charge in [0.2, 0.25) is 5.91 Å². The summed E-state index contributed by atoms with van der Waals surface area (Å²) in [5.41, 5.74) is 0.795. The Kier molecular flexibility index (Phi) is 3.81. The largest absolute Gasteiger partial charge is 0.324 e. The molecule has 5 heteroatoms. The molecule has 1 amide bonds. The molecule has 0 heterocycles. The Balaban J connectivity index is 3.00. The number of thiol groups is 1. The molecular formula is C9H7ClN2OS. The fourth-order valence-electron chi connectivity index (χ4n) is 0.907. The highest BCUT2D eigenvalue weighted by Crippen LogP contribution is 2.20. The summed E-state index contributed by atoms with van der Waals surface area (Å²) < 4.78 is 0. The van der Waals surface area contributed by atoms with Crippen molar-refractivity contribution in [3.8, 4) is 6.07 Å². The van der Waals surface area contributed by atoms with E-state index >= 15 is 0 Å². The average molecular weight is 227 g/mol. The van der Waals surface area contributed by atoms with Crippen LogP contribution in [0.3, 0.4) is 0 Å². The smallest absolute Gasteiger partial charge is 0.234 e. The van der Waals surface area contributed by atoms with E-state index in [4.69, 9.17) is 16.9 Å². The minimum atomic E-state index is -0.271. The van der Waals surface area contributed by atoms with Crippen LogP contribution in [0.1, 0.15) is 5.56 Å². The second kappa shape index (κ2) is 4.89. The van der Waals surface area contributed by atoms with Gasteiger partial charge < -0.3 is 5.32 Å². The molecule has 1 aromatic rings. The van der Waals surface area contributed by atoms with Crippen LogP contribution in [0.5, 0.6) is 0 Å². The average Bonchev–Trinajstić information content (AvgIpc) is 2.18. The number of carbonyl (C=O) groups is 1. The maximum atomic E-state index is 11.0. The maximum Gasteiger partial charge on any atom is 0.234 e. The number of nitrogens with zero attached hydrogens (tertiary/aromatic N) is 1. The molecule has 1 rings (SSSR count). The second-order valence-corrected chi connectivity index (χ2v) is 3.26. The van der Waals surface area contributed by atoms with Crippen molar-refractivity contribution in [3.63, 3.8) is 0 Å². The van der Waals surface area contributed by atoms with E-state index in [2.05, 4.69) is 17.9 Å². The van der Waals surface area contributed by atoms with E-state index in [0.717, 1.165) is 0 Å². The van der Waals surface area contributed by atoms with Crippen LogP contribution in [0.2, 0.25) is 5.02 Å². The number of halogens is 1. The molecular weight excluding hydrogens is 220 g/mol. The zero-order chi connectivity index (χ0) is 10.6. The lowest BCUT2D eigenvalue weighted by molar-refractivity contribution is -0.113. The molecule has 0 aliphatic carbocycles. The van der Waals surface area contributed by atoms with Gasteiger partial charge >= 0.3 is 0 Å². The Bertz CT molecular complexity index is 400. The first-order valence-electron chi connectivity index (χ1n) is 3.77. The predicted molar refractivity (Wildman–Crippen MR) is 58.6 cm³/mol. The van der Waals surface area contributed by atoms with Gasteiger partial charge in [0.15, 0.2) is 0 Å². The van der Waals surface area contributed by atoms with Crippen LogP contribution >= 0.6 is 24.2 Å². The highest BCUT2D eigenvalue weighted by molar-refractivity contribution is 7.81. The normalized spacial score (nSPS) is 9.21. The van der Waals surface area contributed by atoms with Crippen LogP contribution in [-0.4, -0.2) is 11.7 Å². The predicted octanol–water partition coefficient (Wildman–Crippen LogP) is 2.08. The molecule has 0 spiro atoms. The van der Waals surface area contributed by atoms with Gasteiger partial charge in [-0.25, -0.2) is 0 Å². The third kappa shape index (κ3) is 2.66. The lowest BCUT2D eigenvalue weighted by atomic mass is 10.2. The molecule has 0 aliphatic rings. The third-order valence-electron chi connectivity index (χ3n) is 1.52. The van der Waals surface area contributed by atoms with Gasteiger partial charge in [-0.15, -0.1) is 0 Å². The van der Waals surface area contributed by atoms with Gasteiger partial charge in [0.25, 0.3) is 0 Å². The number of nitriles is 1. The molecule has 0 bridgehead atoms. The molecule has 14 heavy (non-hydrogen) atoms. The summed E-state index contributed by atoms with van der Waals surface area (Å²) in [6.45, 7) is 0. The van der Waals surface area contributed by atoms with E-state index in [9.17, 15) is 4.79 Å². The Morgan fingerprint density at radius 3 is 2.93 bits per heavy atom. The first-order valence-corrected chi connectivity index (χ1v) is 4.78. The topological polar surface area (TPSA) is 52.9 Å². The van der Waals surface area contributed by atoms with E-state index < -0.39 is 0 Å². The lowest BCUT2D eigenvalue weighted by Gasteiger charge is -2.05. The Morgan fingerprint density at radius 1 is 1.64 bits per heavy atom. The fraction of sp³-hybridized carbons (Fsp3) is 0.111. The van der Waals surface area contributed by atoms with Gasteiger partial charge in [-0.3, -0.25) is 4.79 Å². The second-order valence-electron chi connectivity index (χ2n) is 2.51. The summed E-state index contributed by atoms with van der Waals surface area (Å²) in [4.78, 5) is 11.0. The van der Waals surface area contributed by atoms with Gasteiger partial charge in [0.05, 0.1) is 17.0 Å². The summed E-state index contributed by atoms with van der Waals surface area (Å²) in [6.07, 6.45) is 0. The van der Waals surface area contributed by atoms with Crippen molar-refractivity contribution >= 4 is 35.8 Å². The maximum absolute atomic E-state index is 11.0. The first-order chi connectivity index (χ1) is 6.67. The van der Waals surface area contributed by atoms with Crippen molar-refractivity contribution in [1.82, 2.24) is 0 Å². The van der Waals surface area contributed by atoms with E-state index in [0.29, 0.717) is 16.3 Å². The molecule has 0 saturated carbocycles. The minimum absolute atomic E-state index is 0.0668. The molecule has 1 N–H and O–H groups in total. The van der Waals surface area contributed by atoms with Gasteiger partial charge in [0.1, 0.15) is 6.07 Å².